The van der Waals surface area contributed by atoms with Gasteiger partial charge in [0.05, 0.1) is 29.8 Å². The SMILES string of the molecule is C=C/C=C(C)\C(=C\Cl)C(=O)OCC(=O)[C@H](CC)N(C(=O)C1(C)CC([C@@H](NC(=O)CCC(=O)O)C(C)C)=NO1)C1CC1. The third-order valence-corrected chi connectivity index (χ3v) is 7.20. The first-order chi connectivity index (χ1) is 19.3. The van der Waals surface area contributed by atoms with Crippen molar-refractivity contribution in [1.82, 2.24) is 10.2 Å². The van der Waals surface area contributed by atoms with Gasteiger partial charge in [0.25, 0.3) is 5.91 Å². The molecule has 0 bridgehead atoms. The van der Waals surface area contributed by atoms with Crippen molar-refractivity contribution in [3.05, 3.63) is 35.4 Å². The summed E-state index contributed by atoms with van der Waals surface area (Å²) in [5.41, 5.74) is 0.728. The average molecular weight is 594 g/mol. The van der Waals surface area contributed by atoms with Gasteiger partial charge in [0.1, 0.15) is 0 Å². The second kappa shape index (κ2) is 15.0. The van der Waals surface area contributed by atoms with Crippen LogP contribution in [0.1, 0.15) is 73.1 Å². The van der Waals surface area contributed by atoms with Gasteiger partial charge in [0.15, 0.2) is 12.4 Å². The Morgan fingerprint density at radius 3 is 2.44 bits per heavy atom. The fourth-order valence-electron chi connectivity index (χ4n) is 4.59. The van der Waals surface area contributed by atoms with Crippen LogP contribution in [0.15, 0.2) is 40.6 Å². The first kappa shape index (κ1) is 33.7. The molecule has 1 aliphatic carbocycles. The van der Waals surface area contributed by atoms with Crippen LogP contribution in [0.5, 0.6) is 0 Å². The van der Waals surface area contributed by atoms with Gasteiger partial charge < -0.3 is 24.9 Å². The number of nitrogens with zero attached hydrogens (tertiary/aromatic N) is 2. The molecule has 3 atom stereocenters. The maximum Gasteiger partial charge on any atom is 0.339 e. The Bertz CT molecular complexity index is 1140. The van der Waals surface area contributed by atoms with E-state index in [0.717, 1.165) is 18.4 Å². The number of carboxylic acids is 1. The van der Waals surface area contributed by atoms with E-state index in [4.69, 9.17) is 26.3 Å². The monoisotopic (exact) mass is 593 g/mol. The minimum atomic E-state index is -1.41. The average Bonchev–Trinajstić information content (AvgIpc) is 3.67. The van der Waals surface area contributed by atoms with Gasteiger partial charge in [-0.1, -0.05) is 56.3 Å². The molecular weight excluding hydrogens is 554 g/mol. The van der Waals surface area contributed by atoms with Crippen LogP contribution in [-0.2, 0) is 33.5 Å². The van der Waals surface area contributed by atoms with Crippen molar-refractivity contribution in [1.29, 1.82) is 0 Å². The lowest BCUT2D eigenvalue weighted by Gasteiger charge is -2.35. The van der Waals surface area contributed by atoms with E-state index in [9.17, 15) is 24.0 Å². The van der Waals surface area contributed by atoms with Gasteiger partial charge in [-0.15, -0.1) is 0 Å². The third kappa shape index (κ3) is 9.01. The van der Waals surface area contributed by atoms with Crippen LogP contribution < -0.4 is 5.32 Å². The van der Waals surface area contributed by atoms with Crippen LogP contribution >= 0.6 is 11.6 Å². The van der Waals surface area contributed by atoms with Crippen molar-refractivity contribution in [3.63, 3.8) is 0 Å². The van der Waals surface area contributed by atoms with E-state index in [-0.39, 0.29) is 36.8 Å². The standard InChI is InChI=1S/C29H40ClN3O8/c1-7-9-18(5)20(15-30)27(38)40-16-23(34)22(8-2)33(19-10-11-19)28(39)29(6)14-21(32-41-29)26(17(3)4)31-24(35)12-13-25(36)37/h7,9,15,17,19,22,26H,1,8,10-14,16H2,2-6H3,(H,31,35)(H,36,37)/b18-9-,20-15-/t22-,26-,29?/m0/s1. The highest BCUT2D eigenvalue weighted by Gasteiger charge is 2.51. The largest absolute Gasteiger partial charge is 0.481 e. The number of carboxylic acid groups (broad SMARTS) is 1. The molecule has 0 aromatic carbocycles. The quantitative estimate of drug-likeness (QED) is 0.156. The van der Waals surface area contributed by atoms with Crippen LogP contribution in [0.4, 0.5) is 0 Å². The van der Waals surface area contributed by atoms with Gasteiger partial charge in [0.2, 0.25) is 11.5 Å². The molecular formula is C29H40ClN3O8. The molecule has 2 aliphatic rings. The molecule has 0 aromatic rings. The number of allylic oxidation sites excluding steroid dienone is 2. The van der Waals surface area contributed by atoms with Crippen LogP contribution in [-0.4, -0.2) is 75.6 Å². The Balaban J connectivity index is 2.15. The summed E-state index contributed by atoms with van der Waals surface area (Å²) in [7, 11) is 0. The summed E-state index contributed by atoms with van der Waals surface area (Å²) in [5, 5.41) is 15.8. The van der Waals surface area contributed by atoms with Crippen LogP contribution in [0, 0.1) is 5.92 Å². The van der Waals surface area contributed by atoms with E-state index >= 15 is 0 Å². The molecule has 0 spiro atoms. The molecule has 0 saturated heterocycles. The van der Waals surface area contributed by atoms with Gasteiger partial charge in [-0.3, -0.25) is 19.2 Å². The molecule has 1 saturated carbocycles. The van der Waals surface area contributed by atoms with Crippen molar-refractivity contribution in [2.75, 3.05) is 6.61 Å². The van der Waals surface area contributed by atoms with Gasteiger partial charge >= 0.3 is 11.9 Å². The van der Waals surface area contributed by atoms with Crippen molar-refractivity contribution in [2.24, 2.45) is 11.1 Å². The predicted molar refractivity (Wildman–Crippen MR) is 153 cm³/mol. The first-order valence-corrected chi connectivity index (χ1v) is 14.1. The zero-order valence-corrected chi connectivity index (χ0v) is 25.0. The number of esters is 1. The number of Topliss-reactive ketones (excluding diaryl/α,β-unsaturated/α-hetero) is 1. The fourth-order valence-corrected chi connectivity index (χ4v) is 4.85. The zero-order chi connectivity index (χ0) is 30.9. The molecule has 1 fully saturated rings. The molecule has 11 nitrogen and oxygen atoms in total. The molecule has 0 aromatic heterocycles. The second-order valence-corrected chi connectivity index (χ2v) is 11.0. The minimum Gasteiger partial charge on any atom is -0.481 e. The molecule has 1 heterocycles. The lowest BCUT2D eigenvalue weighted by Crippen LogP contribution is -2.56. The topological polar surface area (TPSA) is 152 Å². The number of aliphatic carboxylic acids is 1. The smallest absolute Gasteiger partial charge is 0.339 e. The minimum absolute atomic E-state index is 0.0789. The second-order valence-electron chi connectivity index (χ2n) is 10.8. The summed E-state index contributed by atoms with van der Waals surface area (Å²) in [6.45, 7) is 11.8. The van der Waals surface area contributed by atoms with E-state index in [2.05, 4.69) is 17.1 Å². The number of nitrogens with one attached hydrogen (secondary N) is 1. The maximum atomic E-state index is 13.9. The molecule has 1 aliphatic heterocycles. The number of carbonyl (C=O) groups excluding carboxylic acids is 4. The summed E-state index contributed by atoms with van der Waals surface area (Å²) in [6.07, 6.45) is 4.41. The number of halogens is 1. The van der Waals surface area contributed by atoms with Crippen molar-refractivity contribution in [3.8, 4) is 0 Å². The number of amides is 2. The number of carbonyl (C=O) groups is 5. The summed E-state index contributed by atoms with van der Waals surface area (Å²) in [4.78, 5) is 70.1. The Morgan fingerprint density at radius 2 is 1.93 bits per heavy atom. The van der Waals surface area contributed by atoms with E-state index in [1.807, 2.05) is 13.8 Å². The van der Waals surface area contributed by atoms with E-state index in [1.54, 1.807) is 26.8 Å². The van der Waals surface area contributed by atoms with Gasteiger partial charge in [-0.2, -0.15) is 0 Å². The van der Waals surface area contributed by atoms with E-state index < -0.39 is 53.8 Å². The Hall–Kier alpha value is -3.47. The maximum absolute atomic E-state index is 13.9. The number of hydrogen-bond acceptors (Lipinski definition) is 8. The molecule has 226 valence electrons. The van der Waals surface area contributed by atoms with E-state index in [1.165, 1.54) is 11.0 Å². The number of hydrogen-bond donors (Lipinski definition) is 2. The lowest BCUT2D eigenvalue weighted by atomic mass is 9.89. The Morgan fingerprint density at radius 1 is 1.27 bits per heavy atom. The molecule has 1 unspecified atom stereocenters. The third-order valence-electron chi connectivity index (χ3n) is 6.98. The van der Waals surface area contributed by atoms with E-state index in [0.29, 0.717) is 17.7 Å². The van der Waals surface area contributed by atoms with Crippen LogP contribution in [0.3, 0.4) is 0 Å². The molecule has 2 rings (SSSR count). The van der Waals surface area contributed by atoms with Crippen LogP contribution in [0.2, 0.25) is 0 Å². The van der Waals surface area contributed by atoms with Gasteiger partial charge in [-0.25, -0.2) is 4.79 Å². The highest BCUT2D eigenvalue weighted by atomic mass is 35.5. The molecule has 2 amide bonds. The van der Waals surface area contributed by atoms with Crippen LogP contribution in [0.25, 0.3) is 0 Å². The normalized spacial score (nSPS) is 20.4. The van der Waals surface area contributed by atoms with Crippen molar-refractivity contribution < 1.29 is 38.7 Å². The highest BCUT2D eigenvalue weighted by Crippen LogP contribution is 2.36. The molecule has 0 radical (unpaired) electrons. The number of ether oxygens (including phenoxy) is 1. The van der Waals surface area contributed by atoms with Gasteiger partial charge in [-0.05, 0) is 44.6 Å². The van der Waals surface area contributed by atoms with Gasteiger partial charge in [0, 0.05) is 24.4 Å². The molecule has 2 N–H and O–H groups in total. The highest BCUT2D eigenvalue weighted by molar-refractivity contribution is 6.28. The Labute approximate surface area is 245 Å². The molecule has 41 heavy (non-hydrogen) atoms. The predicted octanol–water partition coefficient (Wildman–Crippen LogP) is 3.66. The summed E-state index contributed by atoms with van der Waals surface area (Å²) in [6, 6.07) is -1.58. The number of ketones is 1. The Kier molecular flexibility index (Phi) is 12.3. The zero-order valence-electron chi connectivity index (χ0n) is 24.3. The summed E-state index contributed by atoms with van der Waals surface area (Å²) >= 11 is 5.79. The molecule has 12 heteroatoms. The summed E-state index contributed by atoms with van der Waals surface area (Å²) in [5.74, 6) is -3.25. The first-order valence-electron chi connectivity index (χ1n) is 13.7. The number of oxime groups is 1. The summed E-state index contributed by atoms with van der Waals surface area (Å²) < 4.78 is 5.25. The lowest BCUT2D eigenvalue weighted by molar-refractivity contribution is -0.160. The number of rotatable bonds is 16. The fraction of sp³-hybridized carbons (Fsp3) is 0.586. The van der Waals surface area contributed by atoms with Crippen molar-refractivity contribution >= 4 is 46.8 Å². The van der Waals surface area contributed by atoms with Crippen molar-refractivity contribution in [2.45, 2.75) is 96.9 Å².